The molecule has 5 aliphatic rings. The molecule has 2 bridgehead atoms. The fourth-order valence-corrected chi connectivity index (χ4v) is 10.9. The van der Waals surface area contributed by atoms with Gasteiger partial charge in [-0.15, -0.1) is 0 Å². The third-order valence-electron chi connectivity index (χ3n) is 13.2. The van der Waals surface area contributed by atoms with E-state index in [-0.39, 0.29) is 40.0 Å². The quantitative estimate of drug-likeness (QED) is 0.529. The standard InChI is InChI=1S/C29H50O3/c1-8-29-18-28(29)14-13-25(5)23(27(7)12-9-15-32-27)21(31)17-26(25,6)20(16-28)10-11-22(29)24(3,4)19(2)30/h19-23,30-31H,8-18H2,1-7H3/t19?,20-,21?,22?,23?,25?,26+,27?,28?,29-/m1/s1. The van der Waals surface area contributed by atoms with E-state index in [0.717, 1.165) is 25.9 Å². The summed E-state index contributed by atoms with van der Waals surface area (Å²) in [6.45, 7) is 17.4. The van der Waals surface area contributed by atoms with E-state index in [0.29, 0.717) is 22.7 Å². The second kappa shape index (κ2) is 6.97. The Labute approximate surface area is 197 Å². The molecule has 184 valence electrons. The van der Waals surface area contributed by atoms with Crippen molar-refractivity contribution < 1.29 is 14.9 Å². The van der Waals surface area contributed by atoms with Crippen LogP contribution in [-0.2, 0) is 4.74 Å². The predicted molar refractivity (Wildman–Crippen MR) is 129 cm³/mol. The Morgan fingerprint density at radius 3 is 2.34 bits per heavy atom. The van der Waals surface area contributed by atoms with Crippen molar-refractivity contribution in [1.29, 1.82) is 0 Å². The van der Waals surface area contributed by atoms with Gasteiger partial charge >= 0.3 is 0 Å². The molecule has 0 aromatic heterocycles. The molecule has 0 amide bonds. The topological polar surface area (TPSA) is 49.7 Å². The minimum absolute atomic E-state index is 0.0427. The summed E-state index contributed by atoms with van der Waals surface area (Å²) in [6, 6.07) is 0. The molecule has 5 rings (SSSR count). The maximum atomic E-state index is 11.5. The van der Waals surface area contributed by atoms with E-state index < -0.39 is 0 Å². The number of hydrogen-bond donors (Lipinski definition) is 2. The number of hydrogen-bond acceptors (Lipinski definition) is 3. The van der Waals surface area contributed by atoms with Gasteiger partial charge in [-0.05, 0) is 117 Å². The molecule has 4 aliphatic carbocycles. The van der Waals surface area contributed by atoms with Crippen LogP contribution in [0.15, 0.2) is 0 Å². The van der Waals surface area contributed by atoms with Crippen LogP contribution >= 0.6 is 0 Å². The highest BCUT2D eigenvalue weighted by molar-refractivity contribution is 5.25. The molecule has 1 heterocycles. The summed E-state index contributed by atoms with van der Waals surface area (Å²) in [5.41, 5.74) is 0.938. The van der Waals surface area contributed by atoms with Crippen LogP contribution in [-0.4, -0.2) is 34.6 Å². The molecule has 10 atom stereocenters. The van der Waals surface area contributed by atoms with Gasteiger partial charge in [0, 0.05) is 12.5 Å². The van der Waals surface area contributed by atoms with Crippen LogP contribution in [0.4, 0.5) is 0 Å². The molecule has 3 nitrogen and oxygen atoms in total. The highest BCUT2D eigenvalue weighted by Crippen LogP contribution is 2.83. The second-order valence-corrected chi connectivity index (χ2v) is 14.3. The number of rotatable bonds is 4. The lowest BCUT2D eigenvalue weighted by atomic mass is 9.54. The molecule has 1 saturated heterocycles. The maximum Gasteiger partial charge on any atom is 0.0713 e. The molecule has 0 aromatic rings. The highest BCUT2D eigenvalue weighted by Gasteiger charge is 2.76. The molecule has 0 radical (unpaired) electrons. The van der Waals surface area contributed by atoms with Gasteiger partial charge in [0.25, 0.3) is 0 Å². The molecule has 1 aliphatic heterocycles. The van der Waals surface area contributed by atoms with E-state index in [1.807, 2.05) is 6.92 Å². The van der Waals surface area contributed by atoms with Crippen LogP contribution in [0.25, 0.3) is 0 Å². The second-order valence-electron chi connectivity index (χ2n) is 14.3. The Morgan fingerprint density at radius 1 is 1.03 bits per heavy atom. The zero-order valence-corrected chi connectivity index (χ0v) is 22.0. The number of aliphatic hydroxyl groups excluding tert-OH is 2. The third kappa shape index (κ3) is 2.71. The zero-order chi connectivity index (χ0) is 23.4. The van der Waals surface area contributed by atoms with Crippen LogP contribution in [0, 0.1) is 44.8 Å². The first-order valence-electron chi connectivity index (χ1n) is 13.8. The highest BCUT2D eigenvalue weighted by atomic mass is 16.5. The first-order chi connectivity index (χ1) is 14.8. The van der Waals surface area contributed by atoms with Crippen molar-refractivity contribution in [2.45, 2.75) is 130 Å². The van der Waals surface area contributed by atoms with Gasteiger partial charge in [-0.2, -0.15) is 0 Å². The lowest BCUT2D eigenvalue weighted by Crippen LogP contribution is -2.50. The minimum atomic E-state index is -0.272. The van der Waals surface area contributed by atoms with Gasteiger partial charge in [-0.3, -0.25) is 0 Å². The van der Waals surface area contributed by atoms with Crippen molar-refractivity contribution in [3.8, 4) is 0 Å². The van der Waals surface area contributed by atoms with Crippen LogP contribution in [0.2, 0.25) is 0 Å². The van der Waals surface area contributed by atoms with Gasteiger partial charge in [0.1, 0.15) is 0 Å². The molecule has 3 heteroatoms. The first kappa shape index (κ1) is 23.6. The van der Waals surface area contributed by atoms with Crippen molar-refractivity contribution in [3.63, 3.8) is 0 Å². The predicted octanol–water partition coefficient (Wildman–Crippen LogP) is 6.35. The van der Waals surface area contributed by atoms with E-state index in [9.17, 15) is 10.2 Å². The zero-order valence-electron chi connectivity index (χ0n) is 22.0. The van der Waals surface area contributed by atoms with E-state index >= 15 is 0 Å². The largest absolute Gasteiger partial charge is 0.393 e. The van der Waals surface area contributed by atoms with Gasteiger partial charge in [0.2, 0.25) is 0 Å². The van der Waals surface area contributed by atoms with Crippen molar-refractivity contribution in [2.24, 2.45) is 44.8 Å². The first-order valence-corrected chi connectivity index (χ1v) is 13.8. The summed E-state index contributed by atoms with van der Waals surface area (Å²) in [6.07, 6.45) is 11.6. The van der Waals surface area contributed by atoms with E-state index in [1.165, 1.54) is 44.9 Å². The fraction of sp³-hybridized carbons (Fsp3) is 1.00. The molecule has 32 heavy (non-hydrogen) atoms. The van der Waals surface area contributed by atoms with E-state index in [4.69, 9.17) is 4.74 Å². The van der Waals surface area contributed by atoms with Gasteiger partial charge in [0.05, 0.1) is 17.8 Å². The molecule has 4 saturated carbocycles. The molecule has 0 aromatic carbocycles. The molecule has 5 fully saturated rings. The Bertz CT molecular complexity index is 754. The SMILES string of the molecule is CC[C@]12CC13CCC1(C)C(C4(C)CCCO4)C(O)C[C@@]1(C)[C@H](CCC2C(C)(C)C(C)O)C3. The molecule has 1 spiro atoms. The molecule has 2 N–H and O–H groups in total. The summed E-state index contributed by atoms with van der Waals surface area (Å²) in [5.74, 6) is 1.51. The van der Waals surface area contributed by atoms with Gasteiger partial charge in [0.15, 0.2) is 0 Å². The summed E-state index contributed by atoms with van der Waals surface area (Å²) >= 11 is 0. The Hall–Kier alpha value is -0.120. The van der Waals surface area contributed by atoms with Crippen molar-refractivity contribution in [1.82, 2.24) is 0 Å². The monoisotopic (exact) mass is 446 g/mol. The Balaban J connectivity index is 1.55. The van der Waals surface area contributed by atoms with Gasteiger partial charge < -0.3 is 14.9 Å². The smallest absolute Gasteiger partial charge is 0.0713 e. The van der Waals surface area contributed by atoms with E-state index in [1.54, 1.807) is 0 Å². The van der Waals surface area contributed by atoms with Crippen molar-refractivity contribution >= 4 is 0 Å². The van der Waals surface area contributed by atoms with Gasteiger partial charge in [-0.25, -0.2) is 0 Å². The lowest BCUT2D eigenvalue weighted by molar-refractivity contribution is -0.120. The van der Waals surface area contributed by atoms with Crippen molar-refractivity contribution in [3.05, 3.63) is 0 Å². The van der Waals surface area contributed by atoms with E-state index in [2.05, 4.69) is 41.5 Å². The van der Waals surface area contributed by atoms with Crippen LogP contribution in [0.3, 0.4) is 0 Å². The van der Waals surface area contributed by atoms with Crippen LogP contribution in [0.5, 0.6) is 0 Å². The molecule has 7 unspecified atom stereocenters. The summed E-state index contributed by atoms with van der Waals surface area (Å²) in [4.78, 5) is 0. The Morgan fingerprint density at radius 2 is 1.75 bits per heavy atom. The number of fused-ring (bicyclic) bond motifs is 3. The number of aliphatic hydroxyl groups is 2. The summed E-state index contributed by atoms with van der Waals surface area (Å²) in [7, 11) is 0. The average molecular weight is 447 g/mol. The Kier molecular flexibility index (Phi) is 5.15. The minimum Gasteiger partial charge on any atom is -0.393 e. The maximum absolute atomic E-state index is 11.5. The third-order valence-corrected chi connectivity index (χ3v) is 13.2. The normalized spacial score (nSPS) is 56.2. The lowest BCUT2D eigenvalue weighted by Gasteiger charge is -2.52. The summed E-state index contributed by atoms with van der Waals surface area (Å²) in [5, 5.41) is 22.3. The van der Waals surface area contributed by atoms with Crippen molar-refractivity contribution in [2.75, 3.05) is 6.61 Å². The van der Waals surface area contributed by atoms with Gasteiger partial charge in [-0.1, -0.05) is 34.6 Å². The summed E-state index contributed by atoms with van der Waals surface area (Å²) < 4.78 is 6.41. The van der Waals surface area contributed by atoms with Crippen LogP contribution in [0.1, 0.15) is 113 Å². The van der Waals surface area contributed by atoms with Crippen LogP contribution < -0.4 is 0 Å². The number of ether oxygens (including phenoxy) is 1. The average Bonchev–Trinajstić information content (AvgIpc) is 3.11. The molecular weight excluding hydrogens is 396 g/mol. The molecular formula is C29H50O3. The fourth-order valence-electron chi connectivity index (χ4n) is 10.9.